The predicted molar refractivity (Wildman–Crippen MR) is 168 cm³/mol. The summed E-state index contributed by atoms with van der Waals surface area (Å²) in [5, 5.41) is 13.4. The maximum absolute atomic E-state index is 13.6. The van der Waals surface area contributed by atoms with E-state index in [1.807, 2.05) is 37.3 Å². The van der Waals surface area contributed by atoms with Gasteiger partial charge in [-0.05, 0) is 73.0 Å². The van der Waals surface area contributed by atoms with Crippen LogP contribution in [0.4, 0.5) is 11.4 Å². The molecule has 224 valence electrons. The molecule has 0 bridgehead atoms. The maximum Gasteiger partial charge on any atom is 0.255 e. The summed E-state index contributed by atoms with van der Waals surface area (Å²) in [4.78, 5) is 38.2. The van der Waals surface area contributed by atoms with Crippen LogP contribution in [-0.4, -0.2) is 43.4 Å². The molecule has 3 amide bonds. The second-order valence-corrected chi connectivity index (χ2v) is 11.1. The largest absolute Gasteiger partial charge is 0.493 e. The zero-order valence-electron chi connectivity index (χ0n) is 24.7. The summed E-state index contributed by atoms with van der Waals surface area (Å²) in [5.74, 6) is 0.476. The number of hydrogen-bond acceptors (Lipinski definition) is 7. The van der Waals surface area contributed by atoms with E-state index in [1.165, 1.54) is 5.01 Å². The Balaban J connectivity index is 1.21. The van der Waals surface area contributed by atoms with Crippen molar-refractivity contribution in [2.45, 2.75) is 26.2 Å². The Morgan fingerprint density at radius 1 is 0.864 bits per heavy atom. The van der Waals surface area contributed by atoms with E-state index in [9.17, 15) is 14.4 Å². The highest BCUT2D eigenvalue weighted by molar-refractivity contribution is 6.12. The van der Waals surface area contributed by atoms with Gasteiger partial charge in [-0.1, -0.05) is 31.2 Å². The highest BCUT2D eigenvalue weighted by Crippen LogP contribution is 2.38. The van der Waals surface area contributed by atoms with Crippen molar-refractivity contribution >= 4 is 40.5 Å². The van der Waals surface area contributed by atoms with Gasteiger partial charge >= 0.3 is 0 Å². The van der Waals surface area contributed by atoms with Crippen molar-refractivity contribution in [3.05, 3.63) is 95.6 Å². The number of hydrogen-bond donors (Lipinski definition) is 2. The van der Waals surface area contributed by atoms with Crippen LogP contribution >= 0.6 is 0 Å². The first-order valence-electron chi connectivity index (χ1n) is 14.5. The number of ether oxygens (including phenoxy) is 2. The van der Waals surface area contributed by atoms with Gasteiger partial charge in [-0.25, -0.2) is 10.4 Å². The van der Waals surface area contributed by atoms with Crippen LogP contribution in [0.3, 0.4) is 0 Å². The number of carbonyl (C=O) groups excluding carboxylic acids is 3. The highest BCUT2D eigenvalue weighted by atomic mass is 16.5. The van der Waals surface area contributed by atoms with Crippen molar-refractivity contribution in [1.82, 2.24) is 5.43 Å². The summed E-state index contributed by atoms with van der Waals surface area (Å²) in [5.41, 5.74) is 7.53. The van der Waals surface area contributed by atoms with Crippen molar-refractivity contribution in [2.24, 2.45) is 28.0 Å². The fourth-order valence-corrected chi connectivity index (χ4v) is 5.91. The van der Waals surface area contributed by atoms with Crippen LogP contribution in [0.15, 0.2) is 89.1 Å². The fraction of sp³-hybridized carbons (Fsp3) is 0.265. The zero-order chi connectivity index (χ0) is 30.8. The molecule has 3 aromatic rings. The minimum atomic E-state index is -0.281. The molecule has 0 radical (unpaired) electrons. The monoisotopic (exact) mass is 591 g/mol. The van der Waals surface area contributed by atoms with E-state index in [4.69, 9.17) is 14.6 Å². The topological polar surface area (TPSA) is 122 Å². The molecule has 3 atom stereocenters. The summed E-state index contributed by atoms with van der Waals surface area (Å²) >= 11 is 0. The van der Waals surface area contributed by atoms with Gasteiger partial charge in [-0.2, -0.15) is 10.2 Å². The molecule has 44 heavy (non-hydrogen) atoms. The molecule has 1 unspecified atom stereocenters. The van der Waals surface area contributed by atoms with Crippen molar-refractivity contribution in [2.75, 3.05) is 24.5 Å². The van der Waals surface area contributed by atoms with Gasteiger partial charge in [0.15, 0.2) is 11.5 Å². The Bertz CT molecular complexity index is 1690. The third kappa shape index (κ3) is 5.58. The van der Waals surface area contributed by atoms with Crippen LogP contribution in [0.25, 0.3) is 0 Å². The minimum absolute atomic E-state index is 0.00871. The molecule has 0 saturated heterocycles. The molecule has 3 aromatic carbocycles. The van der Waals surface area contributed by atoms with Crippen LogP contribution in [0.5, 0.6) is 11.5 Å². The Kier molecular flexibility index (Phi) is 7.97. The second kappa shape index (κ2) is 12.2. The molecular formula is C34H33N5O5. The molecule has 2 N–H and O–H groups in total. The van der Waals surface area contributed by atoms with Crippen LogP contribution in [-0.2, 0) is 9.59 Å². The van der Waals surface area contributed by atoms with E-state index >= 15 is 0 Å². The molecule has 0 fully saturated rings. The predicted octanol–water partition coefficient (Wildman–Crippen LogP) is 5.15. The Morgan fingerprint density at radius 2 is 1.55 bits per heavy atom. The first-order chi connectivity index (χ1) is 21.4. The third-order valence-corrected chi connectivity index (χ3v) is 8.27. The number of methoxy groups -OCH3 is 2. The highest BCUT2D eigenvalue weighted by Gasteiger charge is 2.40. The van der Waals surface area contributed by atoms with E-state index < -0.39 is 0 Å². The summed E-state index contributed by atoms with van der Waals surface area (Å²) in [6.45, 7) is 1.96. The number of hydrazone groups is 2. The van der Waals surface area contributed by atoms with Gasteiger partial charge in [0.1, 0.15) is 0 Å². The lowest BCUT2D eigenvalue weighted by molar-refractivity contribution is -0.124. The van der Waals surface area contributed by atoms with Gasteiger partial charge in [0.2, 0.25) is 5.91 Å². The molecule has 10 heteroatoms. The van der Waals surface area contributed by atoms with Gasteiger partial charge in [-0.15, -0.1) is 0 Å². The molecule has 3 aliphatic rings. The molecule has 0 saturated carbocycles. The quantitative estimate of drug-likeness (QED) is 0.368. The van der Waals surface area contributed by atoms with Crippen LogP contribution in [0.1, 0.15) is 47.7 Å². The third-order valence-electron chi connectivity index (χ3n) is 8.27. The lowest BCUT2D eigenvalue weighted by atomic mass is 9.76. The molecule has 2 heterocycles. The second-order valence-electron chi connectivity index (χ2n) is 11.1. The molecule has 1 aliphatic carbocycles. The van der Waals surface area contributed by atoms with Gasteiger partial charge in [0.25, 0.3) is 11.8 Å². The lowest BCUT2D eigenvalue weighted by Gasteiger charge is -2.37. The number of nitrogens with zero attached hydrogens (tertiary/aromatic N) is 3. The number of benzene rings is 3. The molecule has 0 aromatic heterocycles. The van der Waals surface area contributed by atoms with Gasteiger partial charge in [-0.3, -0.25) is 14.4 Å². The number of fused-ring (bicyclic) bond motifs is 1. The van der Waals surface area contributed by atoms with Crippen LogP contribution in [0.2, 0.25) is 0 Å². The van der Waals surface area contributed by atoms with Gasteiger partial charge in [0.05, 0.1) is 37.2 Å². The smallest absolute Gasteiger partial charge is 0.255 e. The van der Waals surface area contributed by atoms with Gasteiger partial charge < -0.3 is 14.8 Å². The summed E-state index contributed by atoms with van der Waals surface area (Å²) in [6, 6.07) is 19.9. The molecule has 6 rings (SSSR count). The lowest BCUT2D eigenvalue weighted by Crippen LogP contribution is -2.45. The van der Waals surface area contributed by atoms with E-state index in [0.29, 0.717) is 41.3 Å². The van der Waals surface area contributed by atoms with E-state index in [-0.39, 0.29) is 35.5 Å². The minimum Gasteiger partial charge on any atom is -0.493 e. The first-order valence-corrected chi connectivity index (χ1v) is 14.5. The van der Waals surface area contributed by atoms with Crippen LogP contribution < -0.4 is 25.2 Å². The van der Waals surface area contributed by atoms with Gasteiger partial charge in [0, 0.05) is 35.1 Å². The van der Waals surface area contributed by atoms with Crippen molar-refractivity contribution < 1.29 is 23.9 Å². The van der Waals surface area contributed by atoms with E-state index in [1.54, 1.807) is 50.6 Å². The van der Waals surface area contributed by atoms with Crippen molar-refractivity contribution in [3.63, 3.8) is 0 Å². The number of allylic oxidation sites excluding steroid dienone is 2. The van der Waals surface area contributed by atoms with Crippen molar-refractivity contribution in [3.8, 4) is 11.5 Å². The average Bonchev–Trinajstić information content (AvgIpc) is 3.05. The number of amides is 3. The Morgan fingerprint density at radius 3 is 2.23 bits per heavy atom. The SMILES string of the molecule is COc1ccc(C2=NN(c3ccc(C(=O)Nc4ccc(C5=NNC(=O)CC5C)cc4)cc3)C(=O)[C@H]3CC=CC[C@@H]23)cc1OC. The normalized spacial score (nSPS) is 21.1. The summed E-state index contributed by atoms with van der Waals surface area (Å²) in [6.07, 6.45) is 5.90. The Labute approximate surface area is 255 Å². The van der Waals surface area contributed by atoms with E-state index in [0.717, 1.165) is 29.0 Å². The number of rotatable bonds is 7. The molecular weight excluding hydrogens is 558 g/mol. The molecule has 10 nitrogen and oxygen atoms in total. The first kappa shape index (κ1) is 28.9. The zero-order valence-corrected chi connectivity index (χ0v) is 24.7. The van der Waals surface area contributed by atoms with E-state index in [2.05, 4.69) is 28.0 Å². The summed E-state index contributed by atoms with van der Waals surface area (Å²) < 4.78 is 10.9. The van der Waals surface area contributed by atoms with Crippen LogP contribution in [0, 0.1) is 17.8 Å². The fourth-order valence-electron chi connectivity index (χ4n) is 5.91. The standard InChI is InChI=1S/C34H33N5O5/c1-20-18-30(40)36-37-31(20)21-8-13-24(14-9-21)35-33(41)22-10-15-25(16-11-22)39-34(42)27-7-5-4-6-26(27)32(38-39)23-12-17-28(43-2)29(19-23)44-3/h4-5,8-17,19-20,26-27H,6-7,18H2,1-3H3,(H,35,41)(H,36,40)/t20?,26-,27+/m1/s1. The average molecular weight is 592 g/mol. The Hall–Kier alpha value is -5.25. The van der Waals surface area contributed by atoms with Crippen molar-refractivity contribution in [1.29, 1.82) is 0 Å². The number of anilines is 2. The summed E-state index contributed by atoms with van der Waals surface area (Å²) in [7, 11) is 3.18. The molecule has 2 aliphatic heterocycles. The molecule has 0 spiro atoms. The number of carbonyl (C=O) groups is 3. The number of nitrogens with one attached hydrogen (secondary N) is 2. The maximum atomic E-state index is 13.6.